The van der Waals surface area contributed by atoms with Gasteiger partial charge in [-0.25, -0.2) is 0 Å². The highest BCUT2D eigenvalue weighted by Gasteiger charge is 2.09. The van der Waals surface area contributed by atoms with Gasteiger partial charge < -0.3 is 19.4 Å². The second-order valence-electron chi connectivity index (χ2n) is 5.78. The van der Waals surface area contributed by atoms with E-state index < -0.39 is 0 Å². The second-order valence-corrected chi connectivity index (χ2v) is 5.78. The Morgan fingerprint density at radius 3 is 2.48 bits per heavy atom. The maximum absolute atomic E-state index is 12.3. The molecule has 0 aliphatic heterocycles. The van der Waals surface area contributed by atoms with E-state index in [1.807, 2.05) is 12.1 Å². The van der Waals surface area contributed by atoms with Gasteiger partial charge in [-0.3, -0.25) is 4.79 Å². The number of amides is 1. The number of benzene rings is 2. The molecule has 0 atom stereocenters. The molecule has 0 fully saturated rings. The number of nitrogens with zero attached hydrogens (tertiary/aromatic N) is 1. The van der Waals surface area contributed by atoms with Crippen molar-refractivity contribution >= 4 is 16.8 Å². The lowest BCUT2D eigenvalue weighted by molar-refractivity contribution is 0.0952. The minimum atomic E-state index is -0.130. The maximum atomic E-state index is 12.3. The first-order valence-electron chi connectivity index (χ1n) is 8.26. The third kappa shape index (κ3) is 3.94. The molecule has 3 aromatic rings. The third-order valence-electron chi connectivity index (χ3n) is 4.16. The molecule has 0 saturated carbocycles. The molecular formula is C20H22N2O3. The van der Waals surface area contributed by atoms with E-state index in [0.29, 0.717) is 23.6 Å². The van der Waals surface area contributed by atoms with Crippen molar-refractivity contribution in [3.8, 4) is 11.5 Å². The van der Waals surface area contributed by atoms with Gasteiger partial charge in [0, 0.05) is 36.4 Å². The number of aryl methyl sites for hydroxylation is 1. The number of hydrogen-bond donors (Lipinski definition) is 1. The van der Waals surface area contributed by atoms with E-state index in [2.05, 4.69) is 34.3 Å². The third-order valence-corrected chi connectivity index (χ3v) is 4.16. The molecule has 0 saturated heterocycles. The van der Waals surface area contributed by atoms with Crippen LogP contribution in [0.1, 0.15) is 16.8 Å². The minimum Gasteiger partial charge on any atom is -0.497 e. The summed E-state index contributed by atoms with van der Waals surface area (Å²) in [6.07, 6.45) is 2.94. The predicted octanol–water partition coefficient (Wildman–Crippen LogP) is 3.48. The topological polar surface area (TPSA) is 52.5 Å². The van der Waals surface area contributed by atoms with E-state index in [0.717, 1.165) is 13.0 Å². The number of carbonyl (C=O) groups is 1. The zero-order valence-corrected chi connectivity index (χ0v) is 14.5. The van der Waals surface area contributed by atoms with Crippen LogP contribution in [0.15, 0.2) is 54.7 Å². The van der Waals surface area contributed by atoms with Crippen LogP contribution in [0.5, 0.6) is 11.5 Å². The summed E-state index contributed by atoms with van der Waals surface area (Å²) in [5.41, 5.74) is 1.74. The van der Waals surface area contributed by atoms with Gasteiger partial charge >= 0.3 is 0 Å². The lowest BCUT2D eigenvalue weighted by atomic mass is 10.2. The predicted molar refractivity (Wildman–Crippen MR) is 98.4 cm³/mol. The highest BCUT2D eigenvalue weighted by Crippen LogP contribution is 2.22. The SMILES string of the molecule is COc1cc(OC)cc(C(=O)NCCCn2ccc3ccccc32)c1. The fourth-order valence-corrected chi connectivity index (χ4v) is 2.83. The fourth-order valence-electron chi connectivity index (χ4n) is 2.83. The number of carbonyl (C=O) groups excluding carboxylic acids is 1. The molecule has 1 aromatic heterocycles. The molecule has 0 aliphatic rings. The molecule has 25 heavy (non-hydrogen) atoms. The average Bonchev–Trinajstić information content (AvgIpc) is 3.07. The number of fused-ring (bicyclic) bond motifs is 1. The Balaban J connectivity index is 1.56. The lowest BCUT2D eigenvalue weighted by Crippen LogP contribution is -2.25. The first-order valence-corrected chi connectivity index (χ1v) is 8.26. The van der Waals surface area contributed by atoms with Gasteiger partial charge in [0.1, 0.15) is 11.5 Å². The second kappa shape index (κ2) is 7.75. The van der Waals surface area contributed by atoms with Gasteiger partial charge in [-0.05, 0) is 36.1 Å². The van der Waals surface area contributed by atoms with Crippen molar-refractivity contribution in [1.29, 1.82) is 0 Å². The van der Waals surface area contributed by atoms with E-state index in [-0.39, 0.29) is 5.91 Å². The Bertz CT molecular complexity index is 848. The summed E-state index contributed by atoms with van der Waals surface area (Å²) < 4.78 is 12.6. The van der Waals surface area contributed by atoms with Crippen molar-refractivity contribution < 1.29 is 14.3 Å². The summed E-state index contributed by atoms with van der Waals surface area (Å²) in [5.74, 6) is 1.07. The normalized spacial score (nSPS) is 10.6. The molecule has 1 amide bonds. The molecule has 130 valence electrons. The zero-order chi connectivity index (χ0) is 17.6. The van der Waals surface area contributed by atoms with Crippen LogP contribution in [0.25, 0.3) is 10.9 Å². The number of nitrogens with one attached hydrogen (secondary N) is 1. The van der Waals surface area contributed by atoms with Crippen LogP contribution >= 0.6 is 0 Å². The van der Waals surface area contributed by atoms with Gasteiger partial charge in [-0.2, -0.15) is 0 Å². The molecular weight excluding hydrogens is 316 g/mol. The molecule has 1 N–H and O–H groups in total. The molecule has 0 spiro atoms. The van der Waals surface area contributed by atoms with Gasteiger partial charge in [-0.1, -0.05) is 18.2 Å². The Hall–Kier alpha value is -2.95. The van der Waals surface area contributed by atoms with Crippen LogP contribution in [-0.4, -0.2) is 31.2 Å². The molecule has 0 radical (unpaired) electrons. The van der Waals surface area contributed by atoms with Crippen molar-refractivity contribution in [1.82, 2.24) is 9.88 Å². The Morgan fingerprint density at radius 1 is 1.04 bits per heavy atom. The molecule has 1 heterocycles. The van der Waals surface area contributed by atoms with Crippen LogP contribution in [0, 0.1) is 0 Å². The molecule has 0 aliphatic carbocycles. The summed E-state index contributed by atoms with van der Waals surface area (Å²) in [4.78, 5) is 12.3. The van der Waals surface area contributed by atoms with Gasteiger partial charge in [0.15, 0.2) is 0 Å². The summed E-state index contributed by atoms with van der Waals surface area (Å²) >= 11 is 0. The highest BCUT2D eigenvalue weighted by atomic mass is 16.5. The summed E-state index contributed by atoms with van der Waals surface area (Å²) in [7, 11) is 3.13. The van der Waals surface area contributed by atoms with E-state index in [1.165, 1.54) is 10.9 Å². The van der Waals surface area contributed by atoms with Crippen LogP contribution in [-0.2, 0) is 6.54 Å². The highest BCUT2D eigenvalue weighted by molar-refractivity contribution is 5.95. The largest absolute Gasteiger partial charge is 0.497 e. The molecule has 3 rings (SSSR count). The smallest absolute Gasteiger partial charge is 0.251 e. The zero-order valence-electron chi connectivity index (χ0n) is 14.5. The summed E-state index contributed by atoms with van der Waals surface area (Å²) in [6, 6.07) is 15.5. The number of ether oxygens (including phenoxy) is 2. The summed E-state index contributed by atoms with van der Waals surface area (Å²) in [5, 5.41) is 4.18. The fraction of sp³-hybridized carbons (Fsp3) is 0.250. The van der Waals surface area contributed by atoms with Crippen LogP contribution in [0.4, 0.5) is 0 Å². The van der Waals surface area contributed by atoms with Crippen molar-refractivity contribution in [2.45, 2.75) is 13.0 Å². The standard InChI is InChI=1S/C20H22N2O3/c1-24-17-12-16(13-18(14-17)25-2)20(23)21-9-5-10-22-11-8-15-6-3-4-7-19(15)22/h3-4,6-8,11-14H,5,9-10H2,1-2H3,(H,21,23). The average molecular weight is 338 g/mol. The number of hydrogen-bond acceptors (Lipinski definition) is 3. The van der Waals surface area contributed by atoms with Crippen molar-refractivity contribution in [3.05, 3.63) is 60.3 Å². The lowest BCUT2D eigenvalue weighted by Gasteiger charge is -2.10. The summed E-state index contributed by atoms with van der Waals surface area (Å²) in [6.45, 7) is 1.46. The number of para-hydroxylation sites is 1. The van der Waals surface area contributed by atoms with E-state index >= 15 is 0 Å². The Morgan fingerprint density at radius 2 is 1.76 bits per heavy atom. The van der Waals surface area contributed by atoms with Gasteiger partial charge in [-0.15, -0.1) is 0 Å². The minimum absolute atomic E-state index is 0.130. The Kier molecular flexibility index (Phi) is 5.23. The number of methoxy groups -OCH3 is 2. The van der Waals surface area contributed by atoms with Gasteiger partial charge in [0.25, 0.3) is 5.91 Å². The molecule has 5 heteroatoms. The first kappa shape index (κ1) is 16.9. The molecule has 0 unspecified atom stereocenters. The van der Waals surface area contributed by atoms with Gasteiger partial charge in [0.2, 0.25) is 0 Å². The first-order chi connectivity index (χ1) is 12.2. The molecule has 2 aromatic carbocycles. The monoisotopic (exact) mass is 338 g/mol. The van der Waals surface area contributed by atoms with Crippen LogP contribution < -0.4 is 14.8 Å². The maximum Gasteiger partial charge on any atom is 0.251 e. The quantitative estimate of drug-likeness (QED) is 0.671. The van der Waals surface area contributed by atoms with Crippen LogP contribution in [0.2, 0.25) is 0 Å². The number of rotatable bonds is 7. The van der Waals surface area contributed by atoms with Crippen molar-refractivity contribution in [3.63, 3.8) is 0 Å². The van der Waals surface area contributed by atoms with E-state index in [9.17, 15) is 4.79 Å². The molecule has 5 nitrogen and oxygen atoms in total. The van der Waals surface area contributed by atoms with Crippen molar-refractivity contribution in [2.75, 3.05) is 20.8 Å². The van der Waals surface area contributed by atoms with Crippen molar-refractivity contribution in [2.24, 2.45) is 0 Å². The molecule has 0 bridgehead atoms. The van der Waals surface area contributed by atoms with Gasteiger partial charge in [0.05, 0.1) is 14.2 Å². The van der Waals surface area contributed by atoms with E-state index in [1.54, 1.807) is 32.4 Å². The number of aromatic nitrogens is 1. The van der Waals surface area contributed by atoms with Crippen LogP contribution in [0.3, 0.4) is 0 Å². The van der Waals surface area contributed by atoms with E-state index in [4.69, 9.17) is 9.47 Å². The Labute approximate surface area is 147 Å².